The van der Waals surface area contributed by atoms with Gasteiger partial charge in [-0.2, -0.15) is 0 Å². The smallest absolute Gasteiger partial charge is 0.128 e. The highest BCUT2D eigenvalue weighted by Crippen LogP contribution is 2.18. The Labute approximate surface area is 143 Å². The van der Waals surface area contributed by atoms with Gasteiger partial charge in [-0.05, 0) is 37.5 Å². The van der Waals surface area contributed by atoms with Crippen LogP contribution < -0.4 is 4.90 Å². The fourth-order valence-electron chi connectivity index (χ4n) is 3.15. The van der Waals surface area contributed by atoms with Crippen molar-refractivity contribution in [2.24, 2.45) is 0 Å². The molecule has 1 aromatic carbocycles. The molecule has 1 unspecified atom stereocenters. The number of rotatable bonds is 5. The van der Waals surface area contributed by atoms with E-state index in [0.29, 0.717) is 11.1 Å². The Balaban J connectivity index is 1.47. The van der Waals surface area contributed by atoms with Gasteiger partial charge >= 0.3 is 0 Å². The minimum atomic E-state index is 0.621. The zero-order valence-corrected chi connectivity index (χ0v) is 14.4. The van der Waals surface area contributed by atoms with Crippen molar-refractivity contribution in [1.29, 1.82) is 0 Å². The number of aryl methyl sites for hydroxylation is 1. The van der Waals surface area contributed by atoms with Crippen molar-refractivity contribution in [3.8, 4) is 0 Å². The fraction of sp³-hybridized carbons (Fsp3) is 0.421. The molecule has 23 heavy (non-hydrogen) atoms. The number of aromatic nitrogens is 1. The monoisotopic (exact) mass is 329 g/mol. The summed E-state index contributed by atoms with van der Waals surface area (Å²) in [7, 11) is 0. The van der Waals surface area contributed by atoms with Crippen LogP contribution in [0.15, 0.2) is 48.7 Å². The summed E-state index contributed by atoms with van der Waals surface area (Å²) in [6.07, 6.45) is 4.09. The summed E-state index contributed by atoms with van der Waals surface area (Å²) < 4.78 is 0. The van der Waals surface area contributed by atoms with Crippen LogP contribution >= 0.6 is 11.6 Å². The third kappa shape index (κ3) is 4.46. The van der Waals surface area contributed by atoms with Crippen molar-refractivity contribution in [3.63, 3.8) is 0 Å². The normalized spacial score (nSPS) is 17.2. The lowest BCUT2D eigenvalue weighted by molar-refractivity contribution is 0.188. The van der Waals surface area contributed by atoms with Gasteiger partial charge in [0.1, 0.15) is 5.82 Å². The molecule has 2 heterocycles. The number of hydrogen-bond acceptors (Lipinski definition) is 3. The van der Waals surface area contributed by atoms with Gasteiger partial charge in [-0.15, -0.1) is 0 Å². The van der Waals surface area contributed by atoms with Gasteiger partial charge in [-0.1, -0.05) is 41.9 Å². The molecule has 0 spiro atoms. The van der Waals surface area contributed by atoms with Gasteiger partial charge in [0.05, 0.1) is 5.02 Å². The number of halogens is 1. The molecule has 0 N–H and O–H groups in total. The van der Waals surface area contributed by atoms with Gasteiger partial charge in [-0.25, -0.2) is 4.98 Å². The third-order valence-electron chi connectivity index (χ3n) is 4.67. The first-order chi connectivity index (χ1) is 11.2. The average Bonchev–Trinajstić information content (AvgIpc) is 2.61. The Bertz CT molecular complexity index is 592. The molecular formula is C19H24ClN3. The van der Waals surface area contributed by atoms with Crippen LogP contribution in [-0.2, 0) is 6.42 Å². The molecule has 1 aliphatic rings. The number of piperazine rings is 1. The molecule has 1 fully saturated rings. The van der Waals surface area contributed by atoms with Crippen molar-refractivity contribution >= 4 is 17.4 Å². The second kappa shape index (κ2) is 7.80. The number of benzene rings is 1. The van der Waals surface area contributed by atoms with Gasteiger partial charge < -0.3 is 4.90 Å². The predicted molar refractivity (Wildman–Crippen MR) is 97.3 cm³/mol. The van der Waals surface area contributed by atoms with E-state index >= 15 is 0 Å². The minimum absolute atomic E-state index is 0.621. The van der Waals surface area contributed by atoms with E-state index < -0.39 is 0 Å². The largest absolute Gasteiger partial charge is 0.354 e. The third-order valence-corrected chi connectivity index (χ3v) is 4.89. The number of nitrogens with zero attached hydrogens (tertiary/aromatic N) is 3. The predicted octanol–water partition coefficient (Wildman–Crippen LogP) is 3.88. The lowest BCUT2D eigenvalue weighted by atomic mass is 10.0. The highest BCUT2D eigenvalue weighted by Gasteiger charge is 2.21. The summed E-state index contributed by atoms with van der Waals surface area (Å²) in [5, 5.41) is 0.696. The molecule has 1 aromatic heterocycles. The van der Waals surface area contributed by atoms with Gasteiger partial charge in [0.15, 0.2) is 0 Å². The zero-order chi connectivity index (χ0) is 16.1. The van der Waals surface area contributed by atoms with E-state index in [1.807, 2.05) is 12.1 Å². The molecule has 3 rings (SSSR count). The second-order valence-electron chi connectivity index (χ2n) is 6.23. The van der Waals surface area contributed by atoms with E-state index in [2.05, 4.69) is 52.0 Å². The van der Waals surface area contributed by atoms with Crippen LogP contribution in [0.1, 0.15) is 18.9 Å². The molecule has 0 saturated carbocycles. The van der Waals surface area contributed by atoms with E-state index in [-0.39, 0.29) is 0 Å². The lowest BCUT2D eigenvalue weighted by Gasteiger charge is -2.38. The topological polar surface area (TPSA) is 19.4 Å². The van der Waals surface area contributed by atoms with Gasteiger partial charge in [0, 0.05) is 38.4 Å². The summed E-state index contributed by atoms with van der Waals surface area (Å²) >= 11 is 5.91. The fourth-order valence-corrected chi connectivity index (χ4v) is 3.26. The van der Waals surface area contributed by atoms with Crippen molar-refractivity contribution in [1.82, 2.24) is 9.88 Å². The van der Waals surface area contributed by atoms with Crippen LogP contribution in [-0.4, -0.2) is 42.1 Å². The van der Waals surface area contributed by atoms with Gasteiger partial charge in [0.2, 0.25) is 0 Å². The summed E-state index contributed by atoms with van der Waals surface area (Å²) in [6.45, 7) is 6.61. The van der Waals surface area contributed by atoms with Crippen molar-refractivity contribution in [2.45, 2.75) is 25.8 Å². The van der Waals surface area contributed by atoms with Gasteiger partial charge in [-0.3, -0.25) is 4.90 Å². The summed E-state index contributed by atoms with van der Waals surface area (Å²) in [5.74, 6) is 1.03. The molecule has 122 valence electrons. The molecule has 0 amide bonds. The van der Waals surface area contributed by atoms with Crippen molar-refractivity contribution in [3.05, 3.63) is 59.2 Å². The molecule has 3 nitrogen and oxygen atoms in total. The summed E-state index contributed by atoms with van der Waals surface area (Å²) in [5.41, 5.74) is 1.43. The Hall–Kier alpha value is -1.58. The summed E-state index contributed by atoms with van der Waals surface area (Å²) in [4.78, 5) is 9.36. The minimum Gasteiger partial charge on any atom is -0.354 e. The summed E-state index contributed by atoms with van der Waals surface area (Å²) in [6, 6.07) is 15.3. The molecular weight excluding hydrogens is 306 g/mol. The molecule has 1 atom stereocenters. The van der Waals surface area contributed by atoms with Gasteiger partial charge in [0.25, 0.3) is 0 Å². The quantitative estimate of drug-likeness (QED) is 0.830. The van der Waals surface area contributed by atoms with Crippen LogP contribution in [0.3, 0.4) is 0 Å². The highest BCUT2D eigenvalue weighted by atomic mass is 35.5. The average molecular weight is 330 g/mol. The maximum atomic E-state index is 5.91. The Morgan fingerprint density at radius 1 is 1.04 bits per heavy atom. The van der Waals surface area contributed by atoms with Crippen LogP contribution in [0.5, 0.6) is 0 Å². The molecule has 1 saturated heterocycles. The van der Waals surface area contributed by atoms with Crippen LogP contribution in [0.2, 0.25) is 5.02 Å². The SMILES string of the molecule is CC(CCc1ccccc1)N1CCN(c2ccc(Cl)cn2)CC1. The molecule has 1 aliphatic heterocycles. The van der Waals surface area contributed by atoms with E-state index in [1.54, 1.807) is 6.20 Å². The lowest BCUT2D eigenvalue weighted by Crippen LogP contribution is -2.50. The van der Waals surface area contributed by atoms with Crippen LogP contribution in [0, 0.1) is 0 Å². The first kappa shape index (κ1) is 16.3. The molecule has 0 radical (unpaired) electrons. The van der Waals surface area contributed by atoms with E-state index in [1.165, 1.54) is 12.0 Å². The molecule has 2 aromatic rings. The Morgan fingerprint density at radius 2 is 1.78 bits per heavy atom. The van der Waals surface area contributed by atoms with E-state index in [0.717, 1.165) is 38.4 Å². The van der Waals surface area contributed by atoms with Crippen LogP contribution in [0.25, 0.3) is 0 Å². The molecule has 0 bridgehead atoms. The molecule has 4 heteroatoms. The number of hydrogen-bond donors (Lipinski definition) is 0. The van der Waals surface area contributed by atoms with E-state index in [4.69, 9.17) is 11.6 Å². The molecule has 0 aliphatic carbocycles. The first-order valence-corrected chi connectivity index (χ1v) is 8.74. The van der Waals surface area contributed by atoms with Crippen molar-refractivity contribution in [2.75, 3.05) is 31.1 Å². The highest BCUT2D eigenvalue weighted by molar-refractivity contribution is 6.30. The Kier molecular flexibility index (Phi) is 5.52. The van der Waals surface area contributed by atoms with Crippen molar-refractivity contribution < 1.29 is 0 Å². The first-order valence-electron chi connectivity index (χ1n) is 8.37. The number of pyridine rings is 1. The maximum Gasteiger partial charge on any atom is 0.128 e. The standard InChI is InChI=1S/C19H24ClN3/c1-16(7-8-17-5-3-2-4-6-17)22-11-13-23(14-12-22)19-10-9-18(20)15-21-19/h2-6,9-10,15-16H,7-8,11-14H2,1H3. The Morgan fingerprint density at radius 3 is 2.43 bits per heavy atom. The van der Waals surface area contributed by atoms with E-state index in [9.17, 15) is 0 Å². The zero-order valence-electron chi connectivity index (χ0n) is 13.7. The second-order valence-corrected chi connectivity index (χ2v) is 6.67. The van der Waals surface area contributed by atoms with Crippen LogP contribution in [0.4, 0.5) is 5.82 Å². The maximum absolute atomic E-state index is 5.91. The number of anilines is 1.